The van der Waals surface area contributed by atoms with Gasteiger partial charge in [0.15, 0.2) is 0 Å². The number of rotatable bonds is 7. The van der Waals surface area contributed by atoms with Crippen molar-refractivity contribution in [3.05, 3.63) is 25.3 Å². The van der Waals surface area contributed by atoms with Gasteiger partial charge < -0.3 is 9.84 Å². The maximum atomic E-state index is 8.62. The Balaban J connectivity index is 3.49. The quantitative estimate of drug-likeness (QED) is 0.566. The molecule has 0 aromatic carbocycles. The highest BCUT2D eigenvalue weighted by Crippen LogP contribution is 2.03. The van der Waals surface area contributed by atoms with Crippen molar-refractivity contribution in [2.45, 2.75) is 18.9 Å². The third kappa shape index (κ3) is 5.83. The Hall–Kier alpha value is -0.600. The first-order valence-electron chi connectivity index (χ1n) is 3.79. The molecule has 2 heteroatoms. The van der Waals surface area contributed by atoms with Crippen LogP contribution in [0.5, 0.6) is 0 Å². The molecule has 64 valence electrons. The Labute approximate surface area is 68.2 Å². The third-order valence-electron chi connectivity index (χ3n) is 1.33. The Morgan fingerprint density at radius 2 is 2.09 bits per heavy atom. The highest BCUT2D eigenvalue weighted by Gasteiger charge is 2.03. The minimum absolute atomic E-state index is 0.0931. The Morgan fingerprint density at radius 3 is 2.55 bits per heavy atom. The molecule has 0 rings (SSSR count). The number of hydrogen-bond donors (Lipinski definition) is 1. The second kappa shape index (κ2) is 7.51. The molecular formula is C9H16O2. The van der Waals surface area contributed by atoms with E-state index in [4.69, 9.17) is 9.84 Å². The summed E-state index contributed by atoms with van der Waals surface area (Å²) in [4.78, 5) is 0. The molecule has 0 aliphatic rings. The lowest BCUT2D eigenvalue weighted by Gasteiger charge is -2.12. The van der Waals surface area contributed by atoms with Gasteiger partial charge >= 0.3 is 0 Å². The largest absolute Gasteiger partial charge is 0.396 e. The van der Waals surface area contributed by atoms with Crippen molar-refractivity contribution in [2.24, 2.45) is 0 Å². The van der Waals surface area contributed by atoms with E-state index in [-0.39, 0.29) is 12.7 Å². The van der Waals surface area contributed by atoms with Crippen LogP contribution in [0.2, 0.25) is 0 Å². The fourth-order valence-electron chi connectivity index (χ4n) is 0.803. The van der Waals surface area contributed by atoms with E-state index in [2.05, 4.69) is 13.2 Å². The van der Waals surface area contributed by atoms with E-state index in [1.807, 2.05) is 0 Å². The molecule has 2 nitrogen and oxygen atoms in total. The Bertz CT molecular complexity index is 110. The molecule has 0 aromatic heterocycles. The number of hydrogen-bond acceptors (Lipinski definition) is 2. The molecule has 0 heterocycles. The summed E-state index contributed by atoms with van der Waals surface area (Å²) < 4.78 is 5.32. The van der Waals surface area contributed by atoms with Crippen LogP contribution in [0, 0.1) is 0 Å². The van der Waals surface area contributed by atoms with Crippen LogP contribution in [-0.4, -0.2) is 24.4 Å². The lowest BCUT2D eigenvalue weighted by Crippen LogP contribution is -2.13. The van der Waals surface area contributed by atoms with Gasteiger partial charge in [0.25, 0.3) is 0 Å². The molecule has 0 aliphatic heterocycles. The van der Waals surface area contributed by atoms with Gasteiger partial charge in [-0.15, -0.1) is 13.2 Å². The molecule has 0 aliphatic carbocycles. The number of aliphatic hydroxyl groups is 1. The van der Waals surface area contributed by atoms with Crippen LogP contribution in [0.1, 0.15) is 12.8 Å². The lowest BCUT2D eigenvalue weighted by molar-refractivity contribution is 0.0561. The first-order valence-corrected chi connectivity index (χ1v) is 3.79. The zero-order valence-corrected chi connectivity index (χ0v) is 6.83. The van der Waals surface area contributed by atoms with Crippen molar-refractivity contribution in [1.29, 1.82) is 0 Å². The van der Waals surface area contributed by atoms with E-state index in [9.17, 15) is 0 Å². The molecule has 0 saturated carbocycles. The van der Waals surface area contributed by atoms with Crippen LogP contribution in [-0.2, 0) is 4.74 Å². The van der Waals surface area contributed by atoms with Crippen LogP contribution in [0.25, 0.3) is 0 Å². The van der Waals surface area contributed by atoms with Gasteiger partial charge in [0.05, 0.1) is 12.7 Å². The predicted molar refractivity (Wildman–Crippen MR) is 46.5 cm³/mol. The summed E-state index contributed by atoms with van der Waals surface area (Å²) in [6.45, 7) is 7.85. The summed E-state index contributed by atoms with van der Waals surface area (Å²) in [6, 6.07) is 0. The average molecular weight is 156 g/mol. The molecule has 0 saturated heterocycles. The van der Waals surface area contributed by atoms with Crippen molar-refractivity contribution in [3.63, 3.8) is 0 Å². The molecule has 0 bridgehead atoms. The Kier molecular flexibility index (Phi) is 7.10. The average Bonchev–Trinajstić information content (AvgIpc) is 2.01. The lowest BCUT2D eigenvalue weighted by atomic mass is 10.2. The van der Waals surface area contributed by atoms with Crippen LogP contribution in [0.3, 0.4) is 0 Å². The molecule has 0 aromatic rings. The molecule has 0 amide bonds. The maximum absolute atomic E-state index is 8.62. The second-order valence-electron chi connectivity index (χ2n) is 2.28. The van der Waals surface area contributed by atoms with E-state index >= 15 is 0 Å². The minimum Gasteiger partial charge on any atom is -0.396 e. The second-order valence-corrected chi connectivity index (χ2v) is 2.28. The highest BCUT2D eigenvalue weighted by molar-refractivity contribution is 4.75. The molecule has 1 N–H and O–H groups in total. The topological polar surface area (TPSA) is 29.5 Å². The molecule has 0 radical (unpaired) electrons. The third-order valence-corrected chi connectivity index (χ3v) is 1.33. The van der Waals surface area contributed by atoms with Gasteiger partial charge in [-0.25, -0.2) is 0 Å². The molecule has 1 atom stereocenters. The monoisotopic (exact) mass is 156 g/mol. The van der Waals surface area contributed by atoms with Gasteiger partial charge in [0.2, 0.25) is 0 Å². The smallest absolute Gasteiger partial charge is 0.0648 e. The molecule has 1 unspecified atom stereocenters. The van der Waals surface area contributed by atoms with Crippen LogP contribution in [0.15, 0.2) is 25.3 Å². The first kappa shape index (κ1) is 10.4. The summed E-state index contributed by atoms with van der Waals surface area (Å²) in [5.74, 6) is 0. The van der Waals surface area contributed by atoms with Crippen LogP contribution in [0.4, 0.5) is 0 Å². The van der Waals surface area contributed by atoms with Gasteiger partial charge in [-0.1, -0.05) is 12.2 Å². The van der Waals surface area contributed by atoms with Crippen molar-refractivity contribution in [3.8, 4) is 0 Å². The van der Waals surface area contributed by atoms with E-state index in [1.165, 1.54) is 0 Å². The molecule has 0 fully saturated rings. The van der Waals surface area contributed by atoms with Crippen LogP contribution < -0.4 is 0 Å². The normalized spacial score (nSPS) is 12.5. The molecule has 0 spiro atoms. The fraction of sp³-hybridized carbons (Fsp3) is 0.556. The molecule has 11 heavy (non-hydrogen) atoms. The number of aliphatic hydroxyl groups excluding tert-OH is 1. The maximum Gasteiger partial charge on any atom is 0.0648 e. The summed E-state index contributed by atoms with van der Waals surface area (Å²) in [7, 11) is 0. The zero-order valence-electron chi connectivity index (χ0n) is 6.83. The van der Waals surface area contributed by atoms with Crippen molar-refractivity contribution >= 4 is 0 Å². The summed E-state index contributed by atoms with van der Waals surface area (Å²) >= 11 is 0. The van der Waals surface area contributed by atoms with E-state index in [0.717, 1.165) is 6.42 Å². The van der Waals surface area contributed by atoms with E-state index in [1.54, 1.807) is 12.2 Å². The van der Waals surface area contributed by atoms with Gasteiger partial charge in [-0.05, 0) is 12.8 Å². The first-order chi connectivity index (χ1) is 5.35. The minimum atomic E-state index is 0.0931. The van der Waals surface area contributed by atoms with Crippen molar-refractivity contribution in [1.82, 2.24) is 0 Å². The van der Waals surface area contributed by atoms with Gasteiger partial charge in [-0.3, -0.25) is 0 Å². The SMILES string of the molecule is C=CCOC(CC=C)CCO. The van der Waals surface area contributed by atoms with Crippen molar-refractivity contribution in [2.75, 3.05) is 13.2 Å². The van der Waals surface area contributed by atoms with Gasteiger partial charge in [-0.2, -0.15) is 0 Å². The summed E-state index contributed by atoms with van der Waals surface area (Å²) in [5, 5.41) is 8.62. The van der Waals surface area contributed by atoms with Crippen molar-refractivity contribution < 1.29 is 9.84 Å². The highest BCUT2D eigenvalue weighted by atomic mass is 16.5. The summed E-state index contributed by atoms with van der Waals surface area (Å²) in [5.41, 5.74) is 0. The van der Waals surface area contributed by atoms with Gasteiger partial charge in [0.1, 0.15) is 0 Å². The Morgan fingerprint density at radius 1 is 1.36 bits per heavy atom. The fourth-order valence-corrected chi connectivity index (χ4v) is 0.803. The zero-order chi connectivity index (χ0) is 8.53. The van der Waals surface area contributed by atoms with E-state index in [0.29, 0.717) is 13.0 Å². The molecular weight excluding hydrogens is 140 g/mol. The number of ether oxygens (including phenoxy) is 1. The van der Waals surface area contributed by atoms with E-state index < -0.39 is 0 Å². The van der Waals surface area contributed by atoms with Gasteiger partial charge in [0, 0.05) is 6.61 Å². The summed E-state index contributed by atoms with van der Waals surface area (Å²) in [6.07, 6.45) is 5.04. The van der Waals surface area contributed by atoms with Crippen LogP contribution >= 0.6 is 0 Å². The standard InChI is InChI=1S/C9H16O2/c1-3-5-9(6-7-10)11-8-4-2/h3-4,9-10H,1-2,5-8H2. The predicted octanol–water partition coefficient (Wildman–Crippen LogP) is 1.52.